The maximum absolute atomic E-state index is 12.2. The molecule has 0 unspecified atom stereocenters. The first-order chi connectivity index (χ1) is 12.3. The molecule has 2 aromatic rings. The summed E-state index contributed by atoms with van der Waals surface area (Å²) in [5.74, 6) is 0.738. The van der Waals surface area contributed by atoms with Crippen LogP contribution in [0.3, 0.4) is 0 Å². The molecule has 1 amide bonds. The fourth-order valence-corrected chi connectivity index (χ4v) is 3.45. The van der Waals surface area contributed by atoms with E-state index >= 15 is 0 Å². The van der Waals surface area contributed by atoms with Crippen molar-refractivity contribution in [3.8, 4) is 0 Å². The quantitative estimate of drug-likeness (QED) is 0.737. The number of aryl methyl sites for hydroxylation is 1. The van der Waals surface area contributed by atoms with E-state index in [2.05, 4.69) is 30.3 Å². The van der Waals surface area contributed by atoms with Crippen LogP contribution in [0, 0.1) is 5.92 Å². The van der Waals surface area contributed by atoms with Crippen molar-refractivity contribution in [1.82, 2.24) is 4.90 Å². The van der Waals surface area contributed by atoms with Crippen molar-refractivity contribution in [2.75, 3.05) is 13.1 Å². The van der Waals surface area contributed by atoms with Crippen molar-refractivity contribution >= 4 is 6.09 Å². The van der Waals surface area contributed by atoms with Crippen LogP contribution >= 0.6 is 0 Å². The molecule has 25 heavy (non-hydrogen) atoms. The van der Waals surface area contributed by atoms with E-state index in [0.29, 0.717) is 6.61 Å². The maximum Gasteiger partial charge on any atom is 0.410 e. The highest BCUT2D eigenvalue weighted by atomic mass is 16.6. The molecule has 1 fully saturated rings. The zero-order valence-corrected chi connectivity index (χ0v) is 14.8. The number of rotatable bonds is 6. The Hall–Kier alpha value is -2.29. The predicted molar refractivity (Wildman–Crippen MR) is 100 cm³/mol. The topological polar surface area (TPSA) is 29.5 Å². The van der Waals surface area contributed by atoms with Crippen molar-refractivity contribution in [2.24, 2.45) is 5.92 Å². The fourth-order valence-electron chi connectivity index (χ4n) is 3.45. The van der Waals surface area contributed by atoms with Crippen LogP contribution in [0.4, 0.5) is 4.79 Å². The minimum absolute atomic E-state index is 0.174. The van der Waals surface area contributed by atoms with Gasteiger partial charge in [-0.2, -0.15) is 0 Å². The van der Waals surface area contributed by atoms with Crippen LogP contribution in [0.5, 0.6) is 0 Å². The van der Waals surface area contributed by atoms with Crippen molar-refractivity contribution < 1.29 is 9.53 Å². The second-order valence-electron chi connectivity index (χ2n) is 6.85. The van der Waals surface area contributed by atoms with Crippen molar-refractivity contribution in [3.63, 3.8) is 0 Å². The molecule has 2 aromatic carbocycles. The number of amides is 1. The maximum atomic E-state index is 12.2. The number of carbonyl (C=O) groups excluding carboxylic acids is 1. The van der Waals surface area contributed by atoms with Crippen molar-refractivity contribution in [2.45, 2.75) is 38.7 Å². The molecule has 3 heteroatoms. The zero-order valence-electron chi connectivity index (χ0n) is 14.8. The molecule has 0 aromatic heterocycles. The second kappa shape index (κ2) is 9.26. The summed E-state index contributed by atoms with van der Waals surface area (Å²) in [5.41, 5.74) is 2.45. The Bertz CT molecular complexity index is 634. The molecule has 0 bridgehead atoms. The molecule has 0 atom stereocenters. The Labute approximate surface area is 150 Å². The van der Waals surface area contributed by atoms with Gasteiger partial charge in [0.25, 0.3) is 0 Å². The molecule has 0 N–H and O–H groups in total. The number of carbonyl (C=O) groups is 1. The van der Waals surface area contributed by atoms with E-state index in [0.717, 1.165) is 43.8 Å². The van der Waals surface area contributed by atoms with E-state index in [1.54, 1.807) is 0 Å². The molecule has 0 spiro atoms. The third-order valence-corrected chi connectivity index (χ3v) is 5.00. The van der Waals surface area contributed by atoms with E-state index in [9.17, 15) is 4.79 Å². The minimum atomic E-state index is -0.174. The molecule has 0 saturated carbocycles. The van der Waals surface area contributed by atoms with Gasteiger partial charge in [-0.15, -0.1) is 0 Å². The van der Waals surface area contributed by atoms with Gasteiger partial charge in [0, 0.05) is 13.1 Å². The van der Waals surface area contributed by atoms with Crippen molar-refractivity contribution in [3.05, 3.63) is 71.8 Å². The predicted octanol–water partition coefficient (Wildman–Crippen LogP) is 5.06. The summed E-state index contributed by atoms with van der Waals surface area (Å²) >= 11 is 0. The lowest BCUT2D eigenvalue weighted by atomic mass is 9.91. The molecule has 0 radical (unpaired) electrons. The van der Waals surface area contributed by atoms with E-state index in [1.807, 2.05) is 35.2 Å². The van der Waals surface area contributed by atoms with Gasteiger partial charge in [-0.05, 0) is 49.1 Å². The summed E-state index contributed by atoms with van der Waals surface area (Å²) in [5, 5.41) is 0. The molecule has 3 rings (SSSR count). The molecular formula is C22H27NO2. The van der Waals surface area contributed by atoms with Crippen LogP contribution < -0.4 is 0 Å². The van der Waals surface area contributed by atoms with Crippen LogP contribution in [0.2, 0.25) is 0 Å². The lowest BCUT2D eigenvalue weighted by Crippen LogP contribution is -2.38. The van der Waals surface area contributed by atoms with Crippen LogP contribution in [-0.4, -0.2) is 24.1 Å². The highest BCUT2D eigenvalue weighted by Gasteiger charge is 2.23. The van der Waals surface area contributed by atoms with Gasteiger partial charge in [0.15, 0.2) is 0 Å². The number of ether oxygens (including phenoxy) is 1. The lowest BCUT2D eigenvalue weighted by Gasteiger charge is -2.31. The number of piperidine rings is 1. The summed E-state index contributed by atoms with van der Waals surface area (Å²) in [6.07, 6.45) is 5.64. The summed E-state index contributed by atoms with van der Waals surface area (Å²) in [6.45, 7) is 2.00. The average molecular weight is 337 g/mol. The summed E-state index contributed by atoms with van der Waals surface area (Å²) in [6, 6.07) is 20.5. The van der Waals surface area contributed by atoms with Crippen LogP contribution in [0.25, 0.3) is 0 Å². The number of hydrogen-bond donors (Lipinski definition) is 0. The van der Waals surface area contributed by atoms with Gasteiger partial charge in [-0.3, -0.25) is 0 Å². The summed E-state index contributed by atoms with van der Waals surface area (Å²) in [7, 11) is 0. The first-order valence-corrected chi connectivity index (χ1v) is 9.31. The Balaban J connectivity index is 1.33. The molecule has 1 aliphatic rings. The van der Waals surface area contributed by atoms with Gasteiger partial charge in [-0.25, -0.2) is 4.79 Å². The van der Waals surface area contributed by atoms with E-state index < -0.39 is 0 Å². The normalized spacial score (nSPS) is 15.1. The Morgan fingerprint density at radius 1 is 0.920 bits per heavy atom. The van der Waals surface area contributed by atoms with Gasteiger partial charge in [-0.1, -0.05) is 60.7 Å². The number of likely N-dealkylation sites (tertiary alicyclic amines) is 1. The molecule has 1 saturated heterocycles. The lowest BCUT2D eigenvalue weighted by molar-refractivity contribution is 0.0813. The largest absolute Gasteiger partial charge is 0.445 e. The summed E-state index contributed by atoms with van der Waals surface area (Å²) in [4.78, 5) is 14.0. The van der Waals surface area contributed by atoms with Gasteiger partial charge in [0.2, 0.25) is 0 Å². The molecule has 3 nitrogen and oxygen atoms in total. The van der Waals surface area contributed by atoms with Gasteiger partial charge < -0.3 is 9.64 Å². The van der Waals surface area contributed by atoms with E-state index in [-0.39, 0.29) is 6.09 Å². The molecule has 132 valence electrons. The standard InChI is InChI=1S/C22H27NO2/c24-22(25-18-21-10-5-2-6-11-21)23-16-14-20(15-17-23)13-7-12-19-8-3-1-4-9-19/h1-6,8-11,20H,7,12-18H2. The van der Waals surface area contributed by atoms with E-state index in [1.165, 1.54) is 18.4 Å². The van der Waals surface area contributed by atoms with Crippen LogP contribution in [0.15, 0.2) is 60.7 Å². The molecule has 1 heterocycles. The van der Waals surface area contributed by atoms with Gasteiger partial charge >= 0.3 is 6.09 Å². The first-order valence-electron chi connectivity index (χ1n) is 9.31. The van der Waals surface area contributed by atoms with E-state index in [4.69, 9.17) is 4.74 Å². The monoisotopic (exact) mass is 337 g/mol. The Morgan fingerprint density at radius 3 is 2.16 bits per heavy atom. The fraction of sp³-hybridized carbons (Fsp3) is 0.409. The van der Waals surface area contributed by atoms with Crippen LogP contribution in [-0.2, 0) is 17.8 Å². The number of hydrogen-bond acceptors (Lipinski definition) is 2. The molecular weight excluding hydrogens is 310 g/mol. The molecule has 1 aliphatic heterocycles. The first kappa shape index (κ1) is 17.5. The SMILES string of the molecule is O=C(OCc1ccccc1)N1CCC(CCCc2ccccc2)CC1. The smallest absolute Gasteiger partial charge is 0.410 e. The Kier molecular flexibility index (Phi) is 6.49. The summed E-state index contributed by atoms with van der Waals surface area (Å²) < 4.78 is 5.43. The third kappa shape index (κ3) is 5.63. The highest BCUT2D eigenvalue weighted by molar-refractivity contribution is 5.67. The third-order valence-electron chi connectivity index (χ3n) is 5.00. The Morgan fingerprint density at radius 2 is 1.52 bits per heavy atom. The number of nitrogens with zero attached hydrogens (tertiary/aromatic N) is 1. The minimum Gasteiger partial charge on any atom is -0.445 e. The van der Waals surface area contributed by atoms with Gasteiger partial charge in [0.1, 0.15) is 6.61 Å². The van der Waals surface area contributed by atoms with Crippen LogP contribution in [0.1, 0.15) is 36.8 Å². The zero-order chi connectivity index (χ0) is 17.3. The van der Waals surface area contributed by atoms with Crippen molar-refractivity contribution in [1.29, 1.82) is 0 Å². The number of benzene rings is 2. The second-order valence-corrected chi connectivity index (χ2v) is 6.85. The molecule has 0 aliphatic carbocycles. The van der Waals surface area contributed by atoms with Gasteiger partial charge in [0.05, 0.1) is 0 Å². The average Bonchev–Trinajstić information content (AvgIpc) is 2.68. The highest BCUT2D eigenvalue weighted by Crippen LogP contribution is 2.23.